The van der Waals surface area contributed by atoms with Gasteiger partial charge in [0, 0.05) is 36.2 Å². The normalized spacial score (nSPS) is 20.6. The first-order valence-electron chi connectivity index (χ1n) is 8.01. The van der Waals surface area contributed by atoms with Crippen LogP contribution in [0.25, 0.3) is 0 Å². The molecule has 1 aliphatic rings. The second-order valence-corrected chi connectivity index (χ2v) is 6.30. The molecule has 0 radical (unpaired) electrons. The Labute approximate surface area is 142 Å². The molecule has 1 atom stereocenters. The molecule has 1 heterocycles. The molecule has 3 rings (SSSR count). The van der Waals surface area contributed by atoms with Crippen LogP contribution in [0, 0.1) is 17.6 Å². The van der Waals surface area contributed by atoms with Gasteiger partial charge >= 0.3 is 0 Å². The number of hydrogen-bond donors (Lipinski definition) is 2. The second-order valence-electron chi connectivity index (χ2n) is 6.30. The van der Waals surface area contributed by atoms with E-state index in [0.29, 0.717) is 12.8 Å². The van der Waals surface area contributed by atoms with Crippen LogP contribution in [0.2, 0.25) is 0 Å². The number of aromatic nitrogens is 1. The zero-order chi connectivity index (χ0) is 18.0. The van der Waals surface area contributed by atoms with E-state index in [0.717, 1.165) is 12.1 Å². The van der Waals surface area contributed by atoms with Crippen LogP contribution in [0.5, 0.6) is 0 Å². The number of nitrogens with one attached hydrogen (secondary N) is 1. The molecule has 1 aliphatic carbocycles. The van der Waals surface area contributed by atoms with Crippen molar-refractivity contribution in [1.82, 2.24) is 9.88 Å². The number of halogens is 2. The van der Waals surface area contributed by atoms with Gasteiger partial charge in [0.15, 0.2) is 5.43 Å². The predicted molar refractivity (Wildman–Crippen MR) is 86.7 cm³/mol. The van der Waals surface area contributed by atoms with Gasteiger partial charge < -0.3 is 15.0 Å². The van der Waals surface area contributed by atoms with E-state index in [9.17, 15) is 23.5 Å². The summed E-state index contributed by atoms with van der Waals surface area (Å²) >= 11 is 0. The van der Waals surface area contributed by atoms with Crippen molar-refractivity contribution < 1.29 is 18.7 Å². The minimum atomic E-state index is -0.727. The van der Waals surface area contributed by atoms with Crippen molar-refractivity contribution >= 4 is 5.91 Å². The van der Waals surface area contributed by atoms with E-state index in [1.54, 1.807) is 0 Å². The zero-order valence-corrected chi connectivity index (χ0v) is 13.4. The fourth-order valence-electron chi connectivity index (χ4n) is 3.04. The molecule has 1 aromatic heterocycles. The van der Waals surface area contributed by atoms with Crippen LogP contribution in [0.15, 0.2) is 47.5 Å². The first-order chi connectivity index (χ1) is 11.9. The van der Waals surface area contributed by atoms with Crippen molar-refractivity contribution in [3.05, 3.63) is 70.1 Å². The highest BCUT2D eigenvalue weighted by atomic mass is 19.1. The molecular formula is C18H18F2N2O3. The Morgan fingerprint density at radius 3 is 2.52 bits per heavy atom. The number of pyridine rings is 1. The third kappa shape index (κ3) is 4.11. The van der Waals surface area contributed by atoms with Gasteiger partial charge in [-0.1, -0.05) is 6.07 Å². The molecule has 0 bridgehead atoms. The van der Waals surface area contributed by atoms with Crippen LogP contribution in [0.1, 0.15) is 24.4 Å². The van der Waals surface area contributed by atoms with Gasteiger partial charge in [0.2, 0.25) is 5.91 Å². The zero-order valence-electron chi connectivity index (χ0n) is 13.4. The maximum atomic E-state index is 14.1. The van der Waals surface area contributed by atoms with Crippen LogP contribution in [0.4, 0.5) is 8.78 Å². The lowest BCUT2D eigenvalue weighted by molar-refractivity contribution is -0.123. The van der Waals surface area contributed by atoms with E-state index < -0.39 is 23.8 Å². The number of carbonyl (C=O) groups excluding carboxylic acids is 1. The summed E-state index contributed by atoms with van der Waals surface area (Å²) in [6, 6.07) is 5.29. The lowest BCUT2D eigenvalue weighted by atomic mass is 9.75. The second kappa shape index (κ2) is 7.14. The summed E-state index contributed by atoms with van der Waals surface area (Å²) in [5, 5.41) is 12.3. The maximum absolute atomic E-state index is 14.1. The smallest absolute Gasteiger partial charge is 0.240 e. The Balaban J connectivity index is 1.76. The van der Waals surface area contributed by atoms with E-state index in [1.807, 2.05) is 0 Å². The van der Waals surface area contributed by atoms with E-state index in [2.05, 4.69) is 5.32 Å². The first kappa shape index (κ1) is 17.3. The number of benzene rings is 1. The quantitative estimate of drug-likeness (QED) is 0.865. The fraction of sp³-hybridized carbons (Fsp3) is 0.333. The minimum absolute atomic E-state index is 0.0329. The highest BCUT2D eigenvalue weighted by molar-refractivity contribution is 5.76. The lowest BCUT2D eigenvalue weighted by Gasteiger charge is -2.38. The number of carbonyl (C=O) groups is 1. The largest absolute Gasteiger partial charge is 0.393 e. The Kier molecular flexibility index (Phi) is 4.94. The molecule has 2 aromatic rings. The van der Waals surface area contributed by atoms with Crippen molar-refractivity contribution in [2.75, 3.05) is 0 Å². The molecule has 7 heteroatoms. The molecule has 0 spiro atoms. The van der Waals surface area contributed by atoms with Gasteiger partial charge in [0.1, 0.15) is 18.2 Å². The SMILES string of the molecule is O=C(Cn1ccc(=O)cc1)N[C@H](c1ccc(F)cc1F)C1CC(O)C1. The standard InChI is InChI=1S/C18H18F2N2O3/c19-12-1-2-15(16(20)9-12)18(11-7-14(24)8-11)21-17(25)10-22-5-3-13(23)4-6-22/h1-6,9,11,14,18,24H,7-8,10H2,(H,21,25)/t11?,14?,18-/m0/s1. The number of aliphatic hydroxyl groups is 1. The maximum Gasteiger partial charge on any atom is 0.240 e. The molecule has 5 nitrogen and oxygen atoms in total. The van der Waals surface area contributed by atoms with Crippen LogP contribution in [-0.2, 0) is 11.3 Å². The Bertz CT molecular complexity index is 811. The fourth-order valence-corrected chi connectivity index (χ4v) is 3.04. The van der Waals surface area contributed by atoms with Gasteiger partial charge in [-0.15, -0.1) is 0 Å². The van der Waals surface area contributed by atoms with Gasteiger partial charge in [-0.3, -0.25) is 9.59 Å². The van der Waals surface area contributed by atoms with Crippen LogP contribution < -0.4 is 10.7 Å². The van der Waals surface area contributed by atoms with Crippen molar-refractivity contribution in [2.45, 2.75) is 31.5 Å². The summed E-state index contributed by atoms with van der Waals surface area (Å²) in [5.41, 5.74) is 0.0397. The van der Waals surface area contributed by atoms with Crippen molar-refractivity contribution in [3.63, 3.8) is 0 Å². The molecule has 1 fully saturated rings. The highest BCUT2D eigenvalue weighted by Gasteiger charge is 2.36. The summed E-state index contributed by atoms with van der Waals surface area (Å²) in [7, 11) is 0. The highest BCUT2D eigenvalue weighted by Crippen LogP contribution is 2.39. The average Bonchev–Trinajstić information content (AvgIpc) is 2.53. The van der Waals surface area contributed by atoms with Crippen molar-refractivity contribution in [1.29, 1.82) is 0 Å². The lowest BCUT2D eigenvalue weighted by Crippen LogP contribution is -2.42. The number of aliphatic hydroxyl groups excluding tert-OH is 1. The van der Waals surface area contributed by atoms with Crippen LogP contribution >= 0.6 is 0 Å². The average molecular weight is 348 g/mol. The van der Waals surface area contributed by atoms with E-state index in [4.69, 9.17) is 0 Å². The Morgan fingerprint density at radius 1 is 1.24 bits per heavy atom. The molecule has 1 saturated carbocycles. The first-order valence-corrected chi connectivity index (χ1v) is 8.01. The van der Waals surface area contributed by atoms with E-state index in [-0.39, 0.29) is 29.4 Å². The third-order valence-electron chi connectivity index (χ3n) is 4.42. The summed E-state index contributed by atoms with van der Waals surface area (Å²) in [5.74, 6) is -1.89. The molecule has 1 amide bonds. The Hall–Kier alpha value is -2.54. The van der Waals surface area contributed by atoms with Gasteiger partial charge in [0.25, 0.3) is 0 Å². The number of hydrogen-bond acceptors (Lipinski definition) is 3. The molecule has 2 N–H and O–H groups in total. The predicted octanol–water partition coefficient (Wildman–Crippen LogP) is 1.75. The summed E-state index contributed by atoms with van der Waals surface area (Å²) in [6.45, 7) is -0.0329. The van der Waals surface area contributed by atoms with Crippen LogP contribution in [-0.4, -0.2) is 21.7 Å². The summed E-state index contributed by atoms with van der Waals surface area (Å²) in [4.78, 5) is 23.4. The number of rotatable bonds is 5. The van der Waals surface area contributed by atoms with Gasteiger partial charge in [-0.25, -0.2) is 8.78 Å². The van der Waals surface area contributed by atoms with Crippen molar-refractivity contribution in [3.8, 4) is 0 Å². The molecular weight excluding hydrogens is 330 g/mol. The van der Waals surface area contributed by atoms with Gasteiger partial charge in [-0.05, 0) is 24.8 Å². The molecule has 0 unspecified atom stereocenters. The molecule has 132 valence electrons. The molecule has 0 saturated heterocycles. The number of nitrogens with zero attached hydrogens (tertiary/aromatic N) is 1. The van der Waals surface area contributed by atoms with Crippen LogP contribution in [0.3, 0.4) is 0 Å². The topological polar surface area (TPSA) is 71.3 Å². The van der Waals surface area contributed by atoms with Gasteiger partial charge in [0.05, 0.1) is 12.1 Å². The van der Waals surface area contributed by atoms with E-state index >= 15 is 0 Å². The number of amides is 1. The van der Waals surface area contributed by atoms with Gasteiger partial charge in [-0.2, -0.15) is 0 Å². The third-order valence-corrected chi connectivity index (χ3v) is 4.42. The van der Waals surface area contributed by atoms with E-state index in [1.165, 1.54) is 35.2 Å². The molecule has 1 aromatic carbocycles. The molecule has 25 heavy (non-hydrogen) atoms. The monoisotopic (exact) mass is 348 g/mol. The summed E-state index contributed by atoms with van der Waals surface area (Å²) < 4.78 is 28.8. The minimum Gasteiger partial charge on any atom is -0.393 e. The summed E-state index contributed by atoms with van der Waals surface area (Å²) in [6.07, 6.45) is 3.40. The Morgan fingerprint density at radius 2 is 1.92 bits per heavy atom. The van der Waals surface area contributed by atoms with Crippen molar-refractivity contribution in [2.24, 2.45) is 5.92 Å². The molecule has 0 aliphatic heterocycles.